The van der Waals surface area contributed by atoms with E-state index in [4.69, 9.17) is 4.74 Å². The molecular weight excluding hydrogens is 216 g/mol. The smallest absolute Gasteiger partial charge is 0.0964 e. The van der Waals surface area contributed by atoms with Gasteiger partial charge >= 0.3 is 0 Å². The Bertz CT molecular complexity index is 300. The average molecular weight is 240 g/mol. The Kier molecular flexibility index (Phi) is 6.81. The second-order valence-electron chi connectivity index (χ2n) is 4.47. The summed E-state index contributed by atoms with van der Waals surface area (Å²) in [5, 5.41) is 11.1. The van der Waals surface area contributed by atoms with Crippen LogP contribution in [-0.2, 0) is 17.8 Å². The normalized spacial score (nSPS) is 12.9. The van der Waals surface area contributed by atoms with Gasteiger partial charge in [-0.2, -0.15) is 0 Å². The number of ether oxygens (including phenoxy) is 1. The monoisotopic (exact) mass is 240 g/mol. The summed E-state index contributed by atoms with van der Waals surface area (Å²) >= 11 is 0. The summed E-state index contributed by atoms with van der Waals surface area (Å²) in [6.07, 6.45) is 4.41. The van der Waals surface area contributed by atoms with E-state index in [-0.39, 0.29) is 0 Å². The van der Waals surface area contributed by atoms with E-state index in [1.807, 2.05) is 17.9 Å². The third-order valence-electron chi connectivity index (χ3n) is 2.59. The Balaban J connectivity index is 2.13. The van der Waals surface area contributed by atoms with E-state index in [0.29, 0.717) is 12.5 Å². The molecule has 0 radical (unpaired) electrons. The van der Waals surface area contributed by atoms with Gasteiger partial charge in [0.1, 0.15) is 0 Å². The van der Waals surface area contributed by atoms with Crippen molar-refractivity contribution in [1.82, 2.24) is 20.3 Å². The van der Waals surface area contributed by atoms with Crippen molar-refractivity contribution >= 4 is 0 Å². The number of aromatic nitrogens is 3. The van der Waals surface area contributed by atoms with Crippen LogP contribution in [0.15, 0.2) is 6.20 Å². The molecule has 1 aromatic rings. The van der Waals surface area contributed by atoms with E-state index in [0.717, 1.165) is 25.4 Å². The number of hydrogen-bond donors (Lipinski definition) is 1. The molecule has 1 N–H and O–H groups in total. The van der Waals surface area contributed by atoms with Gasteiger partial charge in [0, 0.05) is 19.3 Å². The van der Waals surface area contributed by atoms with Crippen molar-refractivity contribution in [2.45, 2.75) is 39.8 Å². The molecule has 1 heterocycles. The van der Waals surface area contributed by atoms with Crippen molar-refractivity contribution in [1.29, 1.82) is 0 Å². The number of hydrogen-bond acceptors (Lipinski definition) is 4. The highest BCUT2D eigenvalue weighted by molar-refractivity contribution is 4.90. The van der Waals surface area contributed by atoms with Crippen molar-refractivity contribution < 1.29 is 4.74 Å². The SMILES string of the molecule is CCCC(C)COCCn1cc(CNC)nn1. The summed E-state index contributed by atoms with van der Waals surface area (Å²) in [4.78, 5) is 0. The lowest BCUT2D eigenvalue weighted by Crippen LogP contribution is -2.11. The van der Waals surface area contributed by atoms with Gasteiger partial charge in [-0.15, -0.1) is 5.10 Å². The molecular formula is C12H24N4O. The summed E-state index contributed by atoms with van der Waals surface area (Å²) in [6.45, 7) is 7.51. The van der Waals surface area contributed by atoms with Gasteiger partial charge in [-0.3, -0.25) is 0 Å². The summed E-state index contributed by atoms with van der Waals surface area (Å²) in [6, 6.07) is 0. The van der Waals surface area contributed by atoms with Gasteiger partial charge < -0.3 is 10.1 Å². The Morgan fingerprint density at radius 3 is 3.06 bits per heavy atom. The van der Waals surface area contributed by atoms with E-state index in [9.17, 15) is 0 Å². The van der Waals surface area contributed by atoms with Crippen molar-refractivity contribution in [2.24, 2.45) is 5.92 Å². The van der Waals surface area contributed by atoms with E-state index in [1.165, 1.54) is 12.8 Å². The molecule has 0 amide bonds. The van der Waals surface area contributed by atoms with Crippen LogP contribution in [0.4, 0.5) is 0 Å². The first kappa shape index (κ1) is 14.1. The second kappa shape index (κ2) is 8.20. The molecule has 0 aromatic carbocycles. The van der Waals surface area contributed by atoms with Crippen molar-refractivity contribution in [3.63, 3.8) is 0 Å². The first-order valence-corrected chi connectivity index (χ1v) is 6.37. The number of rotatable bonds is 9. The zero-order valence-electron chi connectivity index (χ0n) is 11.1. The molecule has 0 aliphatic rings. The van der Waals surface area contributed by atoms with Gasteiger partial charge in [-0.1, -0.05) is 25.5 Å². The number of nitrogens with zero attached hydrogens (tertiary/aromatic N) is 3. The molecule has 0 saturated heterocycles. The fraction of sp³-hybridized carbons (Fsp3) is 0.833. The van der Waals surface area contributed by atoms with Crippen LogP contribution in [0, 0.1) is 5.92 Å². The third kappa shape index (κ3) is 5.79. The van der Waals surface area contributed by atoms with Crippen LogP contribution < -0.4 is 5.32 Å². The van der Waals surface area contributed by atoms with Crippen LogP contribution in [-0.4, -0.2) is 35.3 Å². The quantitative estimate of drug-likeness (QED) is 0.664. The van der Waals surface area contributed by atoms with E-state index in [1.54, 1.807) is 0 Å². The van der Waals surface area contributed by atoms with E-state index in [2.05, 4.69) is 29.5 Å². The highest BCUT2D eigenvalue weighted by Crippen LogP contribution is 2.04. The standard InChI is InChI=1S/C12H24N4O/c1-4-5-11(2)10-17-7-6-16-9-12(8-13-3)14-15-16/h9,11,13H,4-8,10H2,1-3H3. The van der Waals surface area contributed by atoms with Crippen LogP contribution in [0.25, 0.3) is 0 Å². The molecule has 5 heteroatoms. The predicted molar refractivity (Wildman–Crippen MR) is 67.7 cm³/mol. The Morgan fingerprint density at radius 1 is 1.53 bits per heavy atom. The van der Waals surface area contributed by atoms with Crippen LogP contribution >= 0.6 is 0 Å². The maximum Gasteiger partial charge on any atom is 0.0964 e. The molecule has 0 bridgehead atoms. The van der Waals surface area contributed by atoms with Gasteiger partial charge in [-0.05, 0) is 19.4 Å². The van der Waals surface area contributed by atoms with Gasteiger partial charge in [0.2, 0.25) is 0 Å². The van der Waals surface area contributed by atoms with Gasteiger partial charge in [0.15, 0.2) is 0 Å². The van der Waals surface area contributed by atoms with Crippen molar-refractivity contribution in [2.75, 3.05) is 20.3 Å². The minimum absolute atomic E-state index is 0.649. The van der Waals surface area contributed by atoms with Crippen LogP contribution in [0.5, 0.6) is 0 Å². The van der Waals surface area contributed by atoms with Gasteiger partial charge in [0.25, 0.3) is 0 Å². The zero-order chi connectivity index (χ0) is 12.5. The minimum Gasteiger partial charge on any atom is -0.379 e. The molecule has 5 nitrogen and oxygen atoms in total. The Labute approximate surface area is 104 Å². The maximum atomic E-state index is 5.62. The molecule has 17 heavy (non-hydrogen) atoms. The van der Waals surface area contributed by atoms with Crippen molar-refractivity contribution in [3.8, 4) is 0 Å². The molecule has 0 aliphatic carbocycles. The molecule has 1 aromatic heterocycles. The first-order chi connectivity index (χ1) is 8.26. The highest BCUT2D eigenvalue weighted by atomic mass is 16.5. The zero-order valence-corrected chi connectivity index (χ0v) is 11.1. The fourth-order valence-corrected chi connectivity index (χ4v) is 1.73. The lowest BCUT2D eigenvalue weighted by atomic mass is 10.1. The van der Waals surface area contributed by atoms with Crippen LogP contribution in [0.3, 0.4) is 0 Å². The maximum absolute atomic E-state index is 5.62. The second-order valence-corrected chi connectivity index (χ2v) is 4.47. The topological polar surface area (TPSA) is 52.0 Å². The van der Waals surface area contributed by atoms with Gasteiger partial charge in [0.05, 0.1) is 18.8 Å². The van der Waals surface area contributed by atoms with Crippen molar-refractivity contribution in [3.05, 3.63) is 11.9 Å². The first-order valence-electron chi connectivity index (χ1n) is 6.37. The fourth-order valence-electron chi connectivity index (χ4n) is 1.73. The molecule has 0 spiro atoms. The molecule has 0 saturated carbocycles. The average Bonchev–Trinajstić information content (AvgIpc) is 2.73. The minimum atomic E-state index is 0.649. The summed E-state index contributed by atoms with van der Waals surface area (Å²) in [7, 11) is 1.90. The van der Waals surface area contributed by atoms with E-state index < -0.39 is 0 Å². The lowest BCUT2D eigenvalue weighted by molar-refractivity contribution is 0.0931. The summed E-state index contributed by atoms with van der Waals surface area (Å²) < 4.78 is 7.45. The number of nitrogens with one attached hydrogen (secondary N) is 1. The van der Waals surface area contributed by atoms with E-state index >= 15 is 0 Å². The molecule has 0 aliphatic heterocycles. The third-order valence-corrected chi connectivity index (χ3v) is 2.59. The van der Waals surface area contributed by atoms with Crippen LogP contribution in [0.2, 0.25) is 0 Å². The molecule has 0 fully saturated rings. The molecule has 1 rings (SSSR count). The van der Waals surface area contributed by atoms with Gasteiger partial charge in [-0.25, -0.2) is 4.68 Å². The molecule has 98 valence electrons. The lowest BCUT2D eigenvalue weighted by Gasteiger charge is -2.10. The highest BCUT2D eigenvalue weighted by Gasteiger charge is 2.02. The molecule has 1 atom stereocenters. The summed E-state index contributed by atoms with van der Waals surface area (Å²) in [5.74, 6) is 0.649. The predicted octanol–water partition coefficient (Wildman–Crippen LogP) is 1.45. The Hall–Kier alpha value is -0.940. The van der Waals surface area contributed by atoms with Crippen LogP contribution in [0.1, 0.15) is 32.4 Å². The largest absolute Gasteiger partial charge is 0.379 e. The summed E-state index contributed by atoms with van der Waals surface area (Å²) in [5.41, 5.74) is 0.965. The Morgan fingerprint density at radius 2 is 2.35 bits per heavy atom. The molecule has 1 unspecified atom stereocenters.